The summed E-state index contributed by atoms with van der Waals surface area (Å²) < 4.78 is 14.6. The number of rotatable bonds is 4. The number of carbonyl (C=O) groups excluding carboxylic acids is 1. The molecule has 0 aliphatic heterocycles. The number of nitrogens with two attached hydrogens (primary N) is 1. The molecule has 1 heterocycles. The zero-order valence-corrected chi connectivity index (χ0v) is 10.4. The lowest BCUT2D eigenvalue weighted by Gasteiger charge is -2.01. The zero-order chi connectivity index (χ0) is 14.0. The third-order valence-corrected chi connectivity index (χ3v) is 2.89. The van der Waals surface area contributed by atoms with Crippen LogP contribution in [0.1, 0.15) is 15.9 Å². The van der Waals surface area contributed by atoms with E-state index in [1.807, 2.05) is 0 Å². The van der Waals surface area contributed by atoms with E-state index in [4.69, 9.17) is 10.8 Å². The lowest BCUT2D eigenvalue weighted by molar-refractivity contribution is 0.112. The van der Waals surface area contributed by atoms with Crippen molar-refractivity contribution in [2.75, 3.05) is 12.3 Å². The predicted molar refractivity (Wildman–Crippen MR) is 69.2 cm³/mol. The first-order chi connectivity index (χ1) is 9.08. The number of benzene rings is 1. The third-order valence-electron chi connectivity index (χ3n) is 2.89. The summed E-state index contributed by atoms with van der Waals surface area (Å²) in [5, 5.41) is 13.1. The quantitative estimate of drug-likeness (QED) is 0.817. The summed E-state index contributed by atoms with van der Waals surface area (Å²) in [5.74, 6) is -0.125. The standard InChI is InChI=1S/C13H14FN3O2/c1-8-6-9(2-3-11(8)14)12-10(7-19)13(15)17(16-12)4-5-18/h2-3,6-7,18H,4-5,15H2,1H3. The first-order valence-corrected chi connectivity index (χ1v) is 5.77. The van der Waals surface area contributed by atoms with Gasteiger partial charge in [-0.3, -0.25) is 4.79 Å². The number of hydrogen-bond donors (Lipinski definition) is 2. The molecule has 0 saturated heterocycles. The zero-order valence-electron chi connectivity index (χ0n) is 10.4. The number of anilines is 1. The van der Waals surface area contributed by atoms with E-state index in [-0.39, 0.29) is 30.4 Å². The number of aldehydes is 1. The Morgan fingerprint density at radius 2 is 2.26 bits per heavy atom. The molecule has 0 unspecified atom stereocenters. The Kier molecular flexibility index (Phi) is 3.62. The van der Waals surface area contributed by atoms with Crippen LogP contribution in [-0.4, -0.2) is 27.8 Å². The molecule has 100 valence electrons. The van der Waals surface area contributed by atoms with Crippen LogP contribution in [0.4, 0.5) is 10.2 Å². The second-order valence-corrected chi connectivity index (χ2v) is 4.18. The highest BCUT2D eigenvalue weighted by Gasteiger charge is 2.16. The number of aliphatic hydroxyl groups is 1. The summed E-state index contributed by atoms with van der Waals surface area (Å²) in [6.07, 6.45) is 0.615. The molecular weight excluding hydrogens is 249 g/mol. The van der Waals surface area contributed by atoms with Gasteiger partial charge in [0.2, 0.25) is 0 Å². The van der Waals surface area contributed by atoms with Crippen molar-refractivity contribution in [3.8, 4) is 11.3 Å². The van der Waals surface area contributed by atoms with Gasteiger partial charge in [-0.2, -0.15) is 5.10 Å². The van der Waals surface area contributed by atoms with Crippen molar-refractivity contribution in [2.45, 2.75) is 13.5 Å². The molecule has 0 amide bonds. The van der Waals surface area contributed by atoms with Gasteiger partial charge in [-0.25, -0.2) is 9.07 Å². The lowest BCUT2D eigenvalue weighted by atomic mass is 10.1. The summed E-state index contributed by atoms with van der Waals surface area (Å²) in [6, 6.07) is 4.47. The molecule has 2 aromatic rings. The Labute approximate surface area is 109 Å². The summed E-state index contributed by atoms with van der Waals surface area (Å²) in [7, 11) is 0. The van der Waals surface area contributed by atoms with Crippen LogP contribution in [0, 0.1) is 12.7 Å². The Morgan fingerprint density at radius 3 is 2.84 bits per heavy atom. The van der Waals surface area contributed by atoms with Crippen LogP contribution in [-0.2, 0) is 6.54 Å². The first-order valence-electron chi connectivity index (χ1n) is 5.77. The highest BCUT2D eigenvalue weighted by molar-refractivity contribution is 5.91. The number of aliphatic hydroxyl groups excluding tert-OH is 1. The van der Waals surface area contributed by atoms with Gasteiger partial charge < -0.3 is 10.8 Å². The summed E-state index contributed by atoms with van der Waals surface area (Å²) >= 11 is 0. The fourth-order valence-corrected chi connectivity index (χ4v) is 1.88. The van der Waals surface area contributed by atoms with Gasteiger partial charge in [-0.15, -0.1) is 0 Å². The number of nitrogens with zero attached hydrogens (tertiary/aromatic N) is 2. The van der Waals surface area contributed by atoms with Gasteiger partial charge >= 0.3 is 0 Å². The third kappa shape index (κ3) is 2.34. The molecular formula is C13H14FN3O2. The van der Waals surface area contributed by atoms with Crippen LogP contribution in [0.25, 0.3) is 11.3 Å². The van der Waals surface area contributed by atoms with E-state index >= 15 is 0 Å². The maximum Gasteiger partial charge on any atom is 0.156 e. The van der Waals surface area contributed by atoms with E-state index in [9.17, 15) is 9.18 Å². The fourth-order valence-electron chi connectivity index (χ4n) is 1.88. The average molecular weight is 263 g/mol. The minimum Gasteiger partial charge on any atom is -0.394 e. The molecule has 0 bridgehead atoms. The monoisotopic (exact) mass is 263 g/mol. The minimum absolute atomic E-state index is 0.133. The summed E-state index contributed by atoms with van der Waals surface area (Å²) in [5.41, 5.74) is 7.51. The highest BCUT2D eigenvalue weighted by Crippen LogP contribution is 2.27. The predicted octanol–water partition coefficient (Wildman–Crippen LogP) is 1.38. The Bertz CT molecular complexity index is 623. The van der Waals surface area contributed by atoms with E-state index in [0.29, 0.717) is 23.1 Å². The van der Waals surface area contributed by atoms with E-state index in [1.54, 1.807) is 19.1 Å². The molecule has 2 rings (SSSR count). The number of hydrogen-bond acceptors (Lipinski definition) is 4. The maximum absolute atomic E-state index is 13.2. The normalized spacial score (nSPS) is 10.7. The average Bonchev–Trinajstić information content (AvgIpc) is 2.70. The molecule has 0 aliphatic carbocycles. The van der Waals surface area contributed by atoms with E-state index in [1.165, 1.54) is 10.7 Å². The van der Waals surface area contributed by atoms with Crippen LogP contribution in [0.3, 0.4) is 0 Å². The lowest BCUT2D eigenvalue weighted by Crippen LogP contribution is -2.08. The van der Waals surface area contributed by atoms with Gasteiger partial charge in [0.15, 0.2) is 6.29 Å². The molecule has 1 aromatic heterocycles. The number of aryl methyl sites for hydroxylation is 1. The Balaban J connectivity index is 2.57. The number of carbonyl (C=O) groups is 1. The second-order valence-electron chi connectivity index (χ2n) is 4.18. The molecule has 0 atom stereocenters. The molecule has 0 fully saturated rings. The van der Waals surface area contributed by atoms with Crippen molar-refractivity contribution >= 4 is 12.1 Å². The largest absolute Gasteiger partial charge is 0.394 e. The van der Waals surface area contributed by atoms with Crippen LogP contribution in [0.5, 0.6) is 0 Å². The van der Waals surface area contributed by atoms with Crippen molar-refractivity contribution in [1.82, 2.24) is 9.78 Å². The fraction of sp³-hybridized carbons (Fsp3) is 0.231. The van der Waals surface area contributed by atoms with Crippen LogP contribution >= 0.6 is 0 Å². The Morgan fingerprint density at radius 1 is 1.53 bits per heavy atom. The minimum atomic E-state index is -0.320. The van der Waals surface area contributed by atoms with Gasteiger partial charge in [0.05, 0.1) is 18.7 Å². The molecule has 0 spiro atoms. The van der Waals surface area contributed by atoms with Crippen LogP contribution < -0.4 is 5.73 Å². The second kappa shape index (κ2) is 5.19. The van der Waals surface area contributed by atoms with Crippen LogP contribution in [0.2, 0.25) is 0 Å². The van der Waals surface area contributed by atoms with E-state index < -0.39 is 0 Å². The number of halogens is 1. The topological polar surface area (TPSA) is 81.1 Å². The van der Waals surface area contributed by atoms with Crippen molar-refractivity contribution in [3.05, 3.63) is 35.1 Å². The van der Waals surface area contributed by atoms with Gasteiger partial charge in [0.1, 0.15) is 17.3 Å². The SMILES string of the molecule is Cc1cc(-c2nn(CCO)c(N)c2C=O)ccc1F. The number of nitrogen functional groups attached to an aromatic ring is 1. The molecule has 1 aromatic carbocycles. The molecule has 5 nitrogen and oxygen atoms in total. The van der Waals surface area contributed by atoms with Gasteiger partial charge in [-0.05, 0) is 30.7 Å². The van der Waals surface area contributed by atoms with Crippen molar-refractivity contribution in [3.63, 3.8) is 0 Å². The van der Waals surface area contributed by atoms with Crippen molar-refractivity contribution in [2.24, 2.45) is 0 Å². The van der Waals surface area contributed by atoms with Gasteiger partial charge in [-0.1, -0.05) is 0 Å². The maximum atomic E-state index is 13.2. The molecule has 6 heteroatoms. The van der Waals surface area contributed by atoms with E-state index in [2.05, 4.69) is 5.10 Å². The highest BCUT2D eigenvalue weighted by atomic mass is 19.1. The van der Waals surface area contributed by atoms with Crippen LogP contribution in [0.15, 0.2) is 18.2 Å². The van der Waals surface area contributed by atoms with E-state index in [0.717, 1.165) is 0 Å². The molecule has 19 heavy (non-hydrogen) atoms. The Hall–Kier alpha value is -2.21. The van der Waals surface area contributed by atoms with Gasteiger partial charge in [0.25, 0.3) is 0 Å². The number of aromatic nitrogens is 2. The summed E-state index contributed by atoms with van der Waals surface area (Å²) in [4.78, 5) is 11.1. The molecule has 0 aliphatic rings. The first kappa shape index (κ1) is 13.2. The molecule has 3 N–H and O–H groups in total. The van der Waals surface area contributed by atoms with Crippen molar-refractivity contribution in [1.29, 1.82) is 0 Å². The smallest absolute Gasteiger partial charge is 0.156 e. The van der Waals surface area contributed by atoms with Crippen molar-refractivity contribution < 1.29 is 14.3 Å². The molecule has 0 radical (unpaired) electrons. The molecule has 0 saturated carbocycles. The van der Waals surface area contributed by atoms with Gasteiger partial charge in [0, 0.05) is 5.56 Å². The summed E-state index contributed by atoms with van der Waals surface area (Å²) in [6.45, 7) is 1.70.